The monoisotopic (exact) mass is 353 g/mol. The molecule has 2 aromatic rings. The summed E-state index contributed by atoms with van der Waals surface area (Å²) in [6.45, 7) is 3.10. The highest BCUT2D eigenvalue weighted by molar-refractivity contribution is 6.03. The van der Waals surface area contributed by atoms with Crippen molar-refractivity contribution in [2.24, 2.45) is 5.41 Å². The first-order valence-corrected chi connectivity index (χ1v) is 7.82. The van der Waals surface area contributed by atoms with Crippen LogP contribution in [0.3, 0.4) is 0 Å². The van der Waals surface area contributed by atoms with Crippen LogP contribution in [0, 0.1) is 26.9 Å². The van der Waals surface area contributed by atoms with Crippen LogP contribution >= 0.6 is 0 Å². The summed E-state index contributed by atoms with van der Waals surface area (Å²) in [5.74, 6) is -0.320. The van der Waals surface area contributed by atoms with E-state index in [4.69, 9.17) is 5.26 Å². The Bertz CT molecular complexity index is 1030. The Kier molecular flexibility index (Phi) is 3.97. The number of aliphatic hydroxyl groups excluding tert-OH is 1. The molecule has 8 heteroatoms. The van der Waals surface area contributed by atoms with Crippen molar-refractivity contribution in [1.29, 1.82) is 5.26 Å². The zero-order valence-corrected chi connectivity index (χ0v) is 14.0. The molecule has 1 aromatic heterocycles. The predicted molar refractivity (Wildman–Crippen MR) is 90.8 cm³/mol. The number of aliphatic hydroxyl groups is 1. The maximum atomic E-state index is 12.7. The fraction of sp³-hybridized carbons (Fsp3) is 0.278. The summed E-state index contributed by atoms with van der Waals surface area (Å²) in [6, 6.07) is 7.45. The van der Waals surface area contributed by atoms with E-state index in [-0.39, 0.29) is 22.6 Å². The van der Waals surface area contributed by atoms with Crippen LogP contribution in [-0.4, -0.2) is 26.5 Å². The van der Waals surface area contributed by atoms with E-state index < -0.39 is 28.0 Å². The predicted octanol–water partition coefficient (Wildman–Crippen LogP) is 1.80. The molecule has 0 unspecified atom stereocenters. The molecule has 0 aliphatic heterocycles. The number of fused-ring (bicyclic) bond motifs is 1. The summed E-state index contributed by atoms with van der Waals surface area (Å²) in [6.07, 6.45) is -0.263. The summed E-state index contributed by atoms with van der Waals surface area (Å²) in [5, 5.41) is 31.1. The zero-order chi connectivity index (χ0) is 19.2. The van der Waals surface area contributed by atoms with Gasteiger partial charge in [0.25, 0.3) is 11.2 Å². The van der Waals surface area contributed by atoms with Gasteiger partial charge in [0.2, 0.25) is 0 Å². The number of pyridine rings is 1. The fourth-order valence-corrected chi connectivity index (χ4v) is 3.25. The number of ketones is 1. The number of hydrogen-bond acceptors (Lipinski definition) is 6. The highest BCUT2D eigenvalue weighted by Gasteiger charge is 2.48. The van der Waals surface area contributed by atoms with Crippen molar-refractivity contribution in [2.75, 3.05) is 0 Å². The van der Waals surface area contributed by atoms with Gasteiger partial charge in [-0.15, -0.1) is 0 Å². The normalized spacial score (nSPS) is 20.9. The average molecular weight is 353 g/mol. The molecule has 2 atom stereocenters. The number of aromatic nitrogens is 1. The van der Waals surface area contributed by atoms with Crippen molar-refractivity contribution in [2.45, 2.75) is 26.0 Å². The Morgan fingerprint density at radius 1 is 1.27 bits per heavy atom. The lowest BCUT2D eigenvalue weighted by atomic mass is 9.68. The number of rotatable bonds is 2. The molecule has 1 heterocycles. The third-order valence-corrected chi connectivity index (χ3v) is 4.80. The molecule has 0 fully saturated rings. The first-order valence-electron chi connectivity index (χ1n) is 7.82. The second kappa shape index (κ2) is 5.89. The number of carbonyl (C=O) groups is 1. The van der Waals surface area contributed by atoms with E-state index in [1.54, 1.807) is 13.8 Å². The summed E-state index contributed by atoms with van der Waals surface area (Å²) >= 11 is 0. The third-order valence-electron chi connectivity index (χ3n) is 4.80. The van der Waals surface area contributed by atoms with Gasteiger partial charge in [0.15, 0.2) is 5.78 Å². The lowest BCUT2D eigenvalue weighted by Crippen LogP contribution is -2.49. The fourth-order valence-electron chi connectivity index (χ4n) is 3.25. The maximum Gasteiger partial charge on any atom is 0.285 e. The van der Waals surface area contributed by atoms with Crippen molar-refractivity contribution in [3.63, 3.8) is 0 Å². The molecule has 1 N–H and O–H groups in total. The molecule has 0 spiro atoms. The van der Waals surface area contributed by atoms with Gasteiger partial charge in [-0.3, -0.25) is 24.3 Å². The summed E-state index contributed by atoms with van der Waals surface area (Å²) in [5.41, 5.74) is -1.25. The molecule has 26 heavy (non-hydrogen) atoms. The molecule has 0 bridgehead atoms. The number of Topliss-reactive ketones (excluding diaryl/α,β-unsaturated/α-hetero) is 1. The Labute approximate surface area is 148 Å². The molecule has 0 amide bonds. The maximum absolute atomic E-state index is 12.7. The van der Waals surface area contributed by atoms with Crippen LogP contribution in [0.2, 0.25) is 0 Å². The molecule has 0 radical (unpaired) electrons. The zero-order valence-electron chi connectivity index (χ0n) is 14.0. The lowest BCUT2D eigenvalue weighted by molar-refractivity contribution is -0.385. The third kappa shape index (κ3) is 2.50. The Hall–Kier alpha value is -3.31. The van der Waals surface area contributed by atoms with E-state index in [0.29, 0.717) is 5.56 Å². The largest absolute Gasteiger partial charge is 0.390 e. The molecule has 8 nitrogen and oxygen atoms in total. The Balaban J connectivity index is 2.34. The minimum atomic E-state index is -1.31. The molecule has 0 saturated heterocycles. The molecule has 132 valence electrons. The first-order chi connectivity index (χ1) is 12.2. The minimum Gasteiger partial charge on any atom is -0.390 e. The number of nitriles is 1. The standard InChI is InChI=1S/C18H15N3O5/c1-18(2)16(23)12-5-3-10(8-19)7-13(12)15(17(18)24)20-9-11(21(25)26)4-6-14(20)22/h3-7,9,15,17,24H,1-2H3/t15-,17+/m1/s1. The highest BCUT2D eigenvalue weighted by Crippen LogP contribution is 2.43. The summed E-state index contributed by atoms with van der Waals surface area (Å²) in [4.78, 5) is 35.6. The number of hydrogen-bond donors (Lipinski definition) is 1. The number of nitro groups is 1. The smallest absolute Gasteiger partial charge is 0.285 e. The molecule has 1 aromatic carbocycles. The van der Waals surface area contributed by atoms with Crippen LogP contribution in [0.15, 0.2) is 41.3 Å². The van der Waals surface area contributed by atoms with Crippen LogP contribution in [0.4, 0.5) is 5.69 Å². The number of benzene rings is 1. The van der Waals surface area contributed by atoms with E-state index in [0.717, 1.165) is 22.9 Å². The molecule has 0 saturated carbocycles. The van der Waals surface area contributed by atoms with Gasteiger partial charge < -0.3 is 5.11 Å². The van der Waals surface area contributed by atoms with E-state index in [1.807, 2.05) is 6.07 Å². The van der Waals surface area contributed by atoms with E-state index in [9.17, 15) is 24.8 Å². The SMILES string of the molecule is CC1(C)C(=O)c2ccc(C#N)cc2[C@@H](n2cc([N+](=O)[O-])ccc2=O)[C@@H]1O. The number of nitrogens with zero attached hydrogens (tertiary/aromatic N) is 3. The van der Waals surface area contributed by atoms with Gasteiger partial charge in [0, 0.05) is 17.7 Å². The van der Waals surface area contributed by atoms with Crippen LogP contribution in [0.5, 0.6) is 0 Å². The molecular formula is C18H15N3O5. The van der Waals surface area contributed by atoms with Gasteiger partial charge >= 0.3 is 0 Å². The average Bonchev–Trinajstić information content (AvgIpc) is 2.61. The Morgan fingerprint density at radius 3 is 2.58 bits per heavy atom. The van der Waals surface area contributed by atoms with Gasteiger partial charge in [0.1, 0.15) is 0 Å². The second-order valence-corrected chi connectivity index (χ2v) is 6.74. The van der Waals surface area contributed by atoms with E-state index >= 15 is 0 Å². The van der Waals surface area contributed by atoms with Gasteiger partial charge in [-0.05, 0) is 37.6 Å². The minimum absolute atomic E-state index is 0.256. The highest BCUT2D eigenvalue weighted by atomic mass is 16.6. The van der Waals surface area contributed by atoms with Gasteiger partial charge in [-0.2, -0.15) is 5.26 Å². The van der Waals surface area contributed by atoms with Crippen molar-refractivity contribution in [3.8, 4) is 6.07 Å². The molecular weight excluding hydrogens is 338 g/mol. The van der Waals surface area contributed by atoms with Crippen molar-refractivity contribution < 1.29 is 14.8 Å². The van der Waals surface area contributed by atoms with Crippen LogP contribution in [0.1, 0.15) is 41.4 Å². The van der Waals surface area contributed by atoms with Crippen LogP contribution < -0.4 is 5.56 Å². The van der Waals surface area contributed by atoms with Gasteiger partial charge in [-0.1, -0.05) is 0 Å². The van der Waals surface area contributed by atoms with Crippen molar-refractivity contribution in [1.82, 2.24) is 4.57 Å². The molecule has 1 aliphatic carbocycles. The van der Waals surface area contributed by atoms with E-state index in [1.165, 1.54) is 18.2 Å². The summed E-state index contributed by atoms with van der Waals surface area (Å²) in [7, 11) is 0. The molecule has 1 aliphatic rings. The summed E-state index contributed by atoms with van der Waals surface area (Å²) < 4.78 is 1.05. The van der Waals surface area contributed by atoms with Crippen LogP contribution in [-0.2, 0) is 0 Å². The quantitative estimate of drug-likeness (QED) is 0.648. The second-order valence-electron chi connectivity index (χ2n) is 6.74. The van der Waals surface area contributed by atoms with Crippen molar-refractivity contribution in [3.05, 3.63) is 73.7 Å². The Morgan fingerprint density at radius 2 is 1.96 bits per heavy atom. The van der Waals surface area contributed by atoms with E-state index in [2.05, 4.69) is 0 Å². The van der Waals surface area contributed by atoms with Gasteiger partial charge in [-0.25, -0.2) is 0 Å². The first kappa shape index (κ1) is 17.5. The van der Waals surface area contributed by atoms with Crippen molar-refractivity contribution >= 4 is 11.5 Å². The number of carbonyl (C=O) groups excluding carboxylic acids is 1. The lowest BCUT2D eigenvalue weighted by Gasteiger charge is -2.41. The molecule has 3 rings (SSSR count). The topological polar surface area (TPSA) is 126 Å². The van der Waals surface area contributed by atoms with Gasteiger partial charge in [0.05, 0.1) is 40.3 Å². The van der Waals surface area contributed by atoms with Crippen LogP contribution in [0.25, 0.3) is 0 Å².